The third-order valence-corrected chi connectivity index (χ3v) is 6.24. The van der Waals surface area contributed by atoms with Gasteiger partial charge in [0.2, 0.25) is 0 Å². The predicted molar refractivity (Wildman–Crippen MR) is 94.0 cm³/mol. The van der Waals surface area contributed by atoms with E-state index in [1.165, 1.54) is 6.42 Å². The molecule has 1 unspecified atom stereocenters. The van der Waals surface area contributed by atoms with Crippen molar-refractivity contribution in [3.63, 3.8) is 0 Å². The van der Waals surface area contributed by atoms with E-state index in [1.54, 1.807) is 18.4 Å². The summed E-state index contributed by atoms with van der Waals surface area (Å²) in [7, 11) is 1.80. The monoisotopic (exact) mass is 336 g/mol. The first-order chi connectivity index (χ1) is 11.0. The second kappa shape index (κ2) is 6.91. The Hall–Kier alpha value is -0.910. The number of hydrogen-bond donors (Lipinski definition) is 0. The van der Waals surface area contributed by atoms with Gasteiger partial charge in [-0.1, -0.05) is 0 Å². The second-order valence-corrected chi connectivity index (χ2v) is 8.16. The third kappa shape index (κ3) is 3.47. The first-order valence-corrected chi connectivity index (χ1v) is 9.55. The normalized spacial score (nSPS) is 24.7. The van der Waals surface area contributed by atoms with E-state index in [0.717, 1.165) is 44.6 Å². The lowest BCUT2D eigenvalue weighted by Gasteiger charge is -2.39. The summed E-state index contributed by atoms with van der Waals surface area (Å²) < 4.78 is 5.44. The molecular formula is C18H28N2O2S. The fourth-order valence-electron chi connectivity index (χ4n) is 4.26. The lowest BCUT2D eigenvalue weighted by Crippen LogP contribution is -2.44. The predicted octanol–water partition coefficient (Wildman–Crippen LogP) is 3.10. The van der Waals surface area contributed by atoms with E-state index >= 15 is 0 Å². The molecule has 128 valence electrons. The number of amides is 1. The number of piperidine rings is 1. The van der Waals surface area contributed by atoms with Gasteiger partial charge in [0.15, 0.2) is 0 Å². The van der Waals surface area contributed by atoms with E-state index in [4.69, 9.17) is 4.74 Å². The third-order valence-electron chi connectivity index (χ3n) is 5.56. The van der Waals surface area contributed by atoms with E-state index in [2.05, 4.69) is 18.7 Å². The highest BCUT2D eigenvalue weighted by atomic mass is 32.1. The number of carbonyl (C=O) groups is 1. The molecule has 0 bridgehead atoms. The van der Waals surface area contributed by atoms with Gasteiger partial charge in [-0.05, 0) is 50.0 Å². The summed E-state index contributed by atoms with van der Waals surface area (Å²) in [5.41, 5.74) is 1.22. The van der Waals surface area contributed by atoms with Gasteiger partial charge in [0.25, 0.3) is 5.91 Å². The molecule has 0 saturated carbocycles. The van der Waals surface area contributed by atoms with Gasteiger partial charge in [0.05, 0.1) is 12.2 Å². The molecule has 2 saturated heterocycles. The molecule has 1 amide bonds. The van der Waals surface area contributed by atoms with Crippen LogP contribution in [-0.2, 0) is 4.74 Å². The van der Waals surface area contributed by atoms with E-state index in [1.807, 2.05) is 21.7 Å². The minimum Gasteiger partial charge on any atom is -0.383 e. The minimum atomic E-state index is 0.202. The fourth-order valence-corrected chi connectivity index (χ4v) is 4.89. The maximum Gasteiger partial charge on any atom is 0.254 e. The van der Waals surface area contributed by atoms with Gasteiger partial charge in [-0.25, -0.2) is 0 Å². The van der Waals surface area contributed by atoms with Crippen molar-refractivity contribution < 1.29 is 9.53 Å². The Morgan fingerprint density at radius 1 is 1.43 bits per heavy atom. The largest absolute Gasteiger partial charge is 0.383 e. The molecule has 4 nitrogen and oxygen atoms in total. The van der Waals surface area contributed by atoms with E-state index in [9.17, 15) is 4.79 Å². The van der Waals surface area contributed by atoms with E-state index < -0.39 is 0 Å². The van der Waals surface area contributed by atoms with Gasteiger partial charge < -0.3 is 9.64 Å². The van der Waals surface area contributed by atoms with Crippen LogP contribution in [0.15, 0.2) is 16.8 Å². The Morgan fingerprint density at radius 3 is 2.74 bits per heavy atom. The summed E-state index contributed by atoms with van der Waals surface area (Å²) in [6.45, 7) is 8.30. The summed E-state index contributed by atoms with van der Waals surface area (Å²) in [6, 6.07) is 3.02. The maximum absolute atomic E-state index is 12.5. The summed E-state index contributed by atoms with van der Waals surface area (Å²) in [5, 5.41) is 3.93. The standard InChI is InChI=1S/C18H28N2O2S/c1-14(2)20-13-18(10-16(20)11-22-3)5-7-19(8-6-18)17(21)15-4-9-23-12-15/h4,9,12,14,16H,5-8,10-11,13H2,1-3H3. The molecule has 2 aliphatic heterocycles. The summed E-state index contributed by atoms with van der Waals surface area (Å²) >= 11 is 1.59. The zero-order chi connectivity index (χ0) is 16.4. The zero-order valence-corrected chi connectivity index (χ0v) is 15.3. The molecule has 2 fully saturated rings. The number of nitrogens with zero attached hydrogens (tertiary/aromatic N) is 2. The quantitative estimate of drug-likeness (QED) is 0.847. The van der Waals surface area contributed by atoms with Crippen LogP contribution in [0.25, 0.3) is 0 Å². The lowest BCUT2D eigenvalue weighted by atomic mass is 9.76. The highest BCUT2D eigenvalue weighted by molar-refractivity contribution is 7.08. The first kappa shape index (κ1) is 16.9. The number of likely N-dealkylation sites (tertiary alicyclic amines) is 2. The van der Waals surface area contributed by atoms with Crippen LogP contribution in [0.2, 0.25) is 0 Å². The minimum absolute atomic E-state index is 0.202. The number of thiophene rings is 1. The Balaban J connectivity index is 1.63. The Bertz CT molecular complexity index is 521. The molecule has 0 aromatic carbocycles. The molecule has 1 aromatic heterocycles. The van der Waals surface area contributed by atoms with Crippen molar-refractivity contribution in [2.75, 3.05) is 33.4 Å². The molecule has 0 radical (unpaired) electrons. The second-order valence-electron chi connectivity index (χ2n) is 7.38. The molecule has 1 spiro atoms. The van der Waals surface area contributed by atoms with Crippen LogP contribution >= 0.6 is 11.3 Å². The van der Waals surface area contributed by atoms with Crippen molar-refractivity contribution >= 4 is 17.2 Å². The molecule has 23 heavy (non-hydrogen) atoms. The molecule has 0 aliphatic carbocycles. The van der Waals surface area contributed by atoms with Gasteiger partial charge in [0, 0.05) is 44.2 Å². The lowest BCUT2D eigenvalue weighted by molar-refractivity contribution is 0.0582. The van der Waals surface area contributed by atoms with E-state index in [-0.39, 0.29) is 5.91 Å². The Kier molecular flexibility index (Phi) is 5.09. The van der Waals surface area contributed by atoms with Crippen molar-refractivity contribution in [1.82, 2.24) is 9.80 Å². The van der Waals surface area contributed by atoms with Crippen molar-refractivity contribution in [2.45, 2.75) is 45.2 Å². The molecule has 2 aliphatic rings. The van der Waals surface area contributed by atoms with Crippen LogP contribution < -0.4 is 0 Å². The number of rotatable bonds is 4. The molecule has 0 N–H and O–H groups in total. The molecule has 3 heterocycles. The van der Waals surface area contributed by atoms with Crippen LogP contribution in [-0.4, -0.2) is 61.1 Å². The van der Waals surface area contributed by atoms with Crippen molar-refractivity contribution in [1.29, 1.82) is 0 Å². The smallest absolute Gasteiger partial charge is 0.254 e. The average Bonchev–Trinajstić information content (AvgIpc) is 3.17. The molecular weight excluding hydrogens is 308 g/mol. The van der Waals surface area contributed by atoms with Crippen LogP contribution in [0, 0.1) is 5.41 Å². The molecule has 5 heteroatoms. The van der Waals surface area contributed by atoms with Crippen LogP contribution in [0.3, 0.4) is 0 Å². The van der Waals surface area contributed by atoms with Crippen molar-refractivity contribution in [2.24, 2.45) is 5.41 Å². The highest BCUT2D eigenvalue weighted by Crippen LogP contribution is 2.44. The number of methoxy groups -OCH3 is 1. The highest BCUT2D eigenvalue weighted by Gasteiger charge is 2.46. The summed E-state index contributed by atoms with van der Waals surface area (Å²) in [4.78, 5) is 17.1. The summed E-state index contributed by atoms with van der Waals surface area (Å²) in [6.07, 6.45) is 3.44. The van der Waals surface area contributed by atoms with Crippen LogP contribution in [0.5, 0.6) is 0 Å². The molecule has 3 rings (SSSR count). The van der Waals surface area contributed by atoms with Gasteiger partial charge in [0.1, 0.15) is 0 Å². The Labute approximate surface area is 143 Å². The van der Waals surface area contributed by atoms with Gasteiger partial charge in [-0.15, -0.1) is 0 Å². The summed E-state index contributed by atoms with van der Waals surface area (Å²) in [5.74, 6) is 0.202. The number of ether oxygens (including phenoxy) is 1. The van der Waals surface area contributed by atoms with Crippen LogP contribution in [0.1, 0.15) is 43.5 Å². The molecule has 1 atom stereocenters. The topological polar surface area (TPSA) is 32.8 Å². The number of hydrogen-bond acceptors (Lipinski definition) is 4. The van der Waals surface area contributed by atoms with Crippen molar-refractivity contribution in [3.8, 4) is 0 Å². The van der Waals surface area contributed by atoms with Gasteiger partial charge in [-0.2, -0.15) is 11.3 Å². The Morgan fingerprint density at radius 2 is 2.17 bits per heavy atom. The average molecular weight is 337 g/mol. The zero-order valence-electron chi connectivity index (χ0n) is 14.5. The molecule has 1 aromatic rings. The van der Waals surface area contributed by atoms with Gasteiger partial charge in [-0.3, -0.25) is 9.69 Å². The van der Waals surface area contributed by atoms with Crippen LogP contribution in [0.4, 0.5) is 0 Å². The van der Waals surface area contributed by atoms with E-state index in [0.29, 0.717) is 17.5 Å². The number of carbonyl (C=O) groups excluding carboxylic acids is 1. The fraction of sp³-hybridized carbons (Fsp3) is 0.722. The SMILES string of the molecule is COCC1CC2(CCN(C(=O)c3ccsc3)CC2)CN1C(C)C. The maximum atomic E-state index is 12.5. The first-order valence-electron chi connectivity index (χ1n) is 8.61. The van der Waals surface area contributed by atoms with Gasteiger partial charge >= 0.3 is 0 Å². The van der Waals surface area contributed by atoms with Crippen molar-refractivity contribution in [3.05, 3.63) is 22.4 Å².